The van der Waals surface area contributed by atoms with Crippen LogP contribution in [0.3, 0.4) is 0 Å². The Morgan fingerprint density at radius 3 is 2.72 bits per heavy atom. The van der Waals surface area contributed by atoms with E-state index >= 15 is 0 Å². The minimum absolute atomic E-state index is 0.508. The Morgan fingerprint density at radius 1 is 1.08 bits per heavy atom. The van der Waals surface area contributed by atoms with Crippen molar-refractivity contribution in [3.05, 3.63) is 76.4 Å². The summed E-state index contributed by atoms with van der Waals surface area (Å²) in [7, 11) is 0. The standard InChI is InChI=1S/C21H22BrN3/c22-19-9-16-7-4-8-24-21(16)17(10-19)12-25-13-18(11-23)20(14-25)15-5-2-1-3-6-15/h1-10,18,20H,11-14,23H2/t18-,20+/m1/s1. The van der Waals surface area contributed by atoms with Gasteiger partial charge in [0.2, 0.25) is 0 Å². The molecular weight excluding hydrogens is 374 g/mol. The van der Waals surface area contributed by atoms with Crippen molar-refractivity contribution in [3.8, 4) is 0 Å². The number of nitrogens with zero attached hydrogens (tertiary/aromatic N) is 2. The van der Waals surface area contributed by atoms with Gasteiger partial charge in [0, 0.05) is 41.6 Å². The molecule has 2 aromatic carbocycles. The number of likely N-dealkylation sites (tertiary alicyclic amines) is 1. The lowest BCUT2D eigenvalue weighted by Gasteiger charge is -2.17. The third-order valence-corrected chi connectivity index (χ3v) is 5.65. The van der Waals surface area contributed by atoms with E-state index in [0.29, 0.717) is 11.8 Å². The lowest BCUT2D eigenvalue weighted by atomic mass is 9.89. The van der Waals surface area contributed by atoms with Crippen LogP contribution < -0.4 is 5.73 Å². The number of pyridine rings is 1. The SMILES string of the molecule is NC[C@@H]1CN(Cc2cc(Br)cc3cccnc23)C[C@H]1c1ccccc1. The molecule has 1 aliphatic heterocycles. The molecule has 1 aliphatic rings. The zero-order valence-electron chi connectivity index (χ0n) is 14.1. The van der Waals surface area contributed by atoms with Gasteiger partial charge in [-0.2, -0.15) is 0 Å². The Kier molecular flexibility index (Phi) is 4.84. The predicted octanol–water partition coefficient (Wildman–Crippen LogP) is 4.17. The molecule has 0 amide bonds. The van der Waals surface area contributed by atoms with E-state index in [4.69, 9.17) is 5.73 Å². The summed E-state index contributed by atoms with van der Waals surface area (Å²) >= 11 is 3.64. The minimum atomic E-state index is 0.508. The summed E-state index contributed by atoms with van der Waals surface area (Å²) < 4.78 is 1.11. The van der Waals surface area contributed by atoms with Gasteiger partial charge in [-0.05, 0) is 41.8 Å². The Bertz CT molecular complexity index is 865. The largest absolute Gasteiger partial charge is 0.330 e. The molecule has 0 radical (unpaired) electrons. The van der Waals surface area contributed by atoms with Gasteiger partial charge < -0.3 is 5.73 Å². The third-order valence-electron chi connectivity index (χ3n) is 5.19. The third kappa shape index (κ3) is 3.47. The van der Waals surface area contributed by atoms with Gasteiger partial charge in [-0.3, -0.25) is 9.88 Å². The summed E-state index contributed by atoms with van der Waals surface area (Å²) in [5.74, 6) is 1.02. The smallest absolute Gasteiger partial charge is 0.0747 e. The normalized spacial score (nSPS) is 21.0. The first-order chi connectivity index (χ1) is 12.2. The van der Waals surface area contributed by atoms with Crippen LogP contribution >= 0.6 is 15.9 Å². The Balaban J connectivity index is 1.60. The van der Waals surface area contributed by atoms with Gasteiger partial charge in [0.05, 0.1) is 5.52 Å². The van der Waals surface area contributed by atoms with E-state index in [9.17, 15) is 0 Å². The van der Waals surface area contributed by atoms with Crippen LogP contribution in [-0.2, 0) is 6.54 Å². The highest BCUT2D eigenvalue weighted by Crippen LogP contribution is 2.34. The zero-order chi connectivity index (χ0) is 17.2. The van der Waals surface area contributed by atoms with E-state index in [0.717, 1.165) is 36.2 Å². The Morgan fingerprint density at radius 2 is 1.92 bits per heavy atom. The number of halogens is 1. The minimum Gasteiger partial charge on any atom is -0.330 e. The number of hydrogen-bond donors (Lipinski definition) is 1. The van der Waals surface area contributed by atoms with Gasteiger partial charge in [-0.25, -0.2) is 0 Å². The first-order valence-corrected chi connectivity index (χ1v) is 9.54. The zero-order valence-corrected chi connectivity index (χ0v) is 15.7. The molecule has 0 bridgehead atoms. The second-order valence-corrected chi connectivity index (χ2v) is 7.76. The highest BCUT2D eigenvalue weighted by atomic mass is 79.9. The number of aromatic nitrogens is 1. The molecule has 3 aromatic rings. The van der Waals surface area contributed by atoms with Crippen molar-refractivity contribution >= 4 is 26.8 Å². The average Bonchev–Trinajstić information content (AvgIpc) is 3.05. The van der Waals surface area contributed by atoms with Crippen molar-refractivity contribution in [2.75, 3.05) is 19.6 Å². The van der Waals surface area contributed by atoms with Crippen molar-refractivity contribution in [1.29, 1.82) is 0 Å². The predicted molar refractivity (Wildman–Crippen MR) is 106 cm³/mol. The second kappa shape index (κ2) is 7.24. The number of fused-ring (bicyclic) bond motifs is 1. The molecule has 25 heavy (non-hydrogen) atoms. The molecule has 2 N–H and O–H groups in total. The fourth-order valence-electron chi connectivity index (χ4n) is 4.00. The lowest BCUT2D eigenvalue weighted by molar-refractivity contribution is 0.318. The lowest BCUT2D eigenvalue weighted by Crippen LogP contribution is -2.23. The number of benzene rings is 2. The topological polar surface area (TPSA) is 42.1 Å². The number of rotatable bonds is 4. The molecule has 3 nitrogen and oxygen atoms in total. The molecule has 4 rings (SSSR count). The van der Waals surface area contributed by atoms with Crippen molar-refractivity contribution in [1.82, 2.24) is 9.88 Å². The highest BCUT2D eigenvalue weighted by molar-refractivity contribution is 9.10. The molecule has 4 heteroatoms. The van der Waals surface area contributed by atoms with Crippen LogP contribution in [0, 0.1) is 5.92 Å². The molecular formula is C21H22BrN3. The summed E-state index contributed by atoms with van der Waals surface area (Å²) in [6, 6.07) is 19.2. The van der Waals surface area contributed by atoms with Crippen molar-refractivity contribution < 1.29 is 0 Å². The van der Waals surface area contributed by atoms with E-state index in [1.54, 1.807) is 0 Å². The molecule has 2 atom stereocenters. The maximum atomic E-state index is 6.09. The maximum Gasteiger partial charge on any atom is 0.0747 e. The van der Waals surface area contributed by atoms with E-state index in [1.165, 1.54) is 16.5 Å². The quantitative estimate of drug-likeness (QED) is 0.720. The van der Waals surface area contributed by atoms with Crippen molar-refractivity contribution in [2.24, 2.45) is 11.7 Å². The van der Waals surface area contributed by atoms with Crippen LogP contribution in [0.1, 0.15) is 17.0 Å². The van der Waals surface area contributed by atoms with Crippen molar-refractivity contribution in [2.45, 2.75) is 12.5 Å². The van der Waals surface area contributed by atoms with Gasteiger partial charge >= 0.3 is 0 Å². The molecule has 2 heterocycles. The van der Waals surface area contributed by atoms with Gasteiger partial charge in [-0.1, -0.05) is 52.3 Å². The maximum absolute atomic E-state index is 6.09. The Labute approximate surface area is 157 Å². The van der Waals surface area contributed by atoms with Crippen LogP contribution in [0.2, 0.25) is 0 Å². The molecule has 1 fully saturated rings. The molecule has 128 valence electrons. The molecule has 0 spiro atoms. The van der Waals surface area contributed by atoms with Crippen LogP contribution in [0.5, 0.6) is 0 Å². The van der Waals surface area contributed by atoms with E-state index in [-0.39, 0.29) is 0 Å². The van der Waals surface area contributed by atoms with Crippen LogP contribution in [-0.4, -0.2) is 29.5 Å². The van der Waals surface area contributed by atoms with Crippen LogP contribution in [0.25, 0.3) is 10.9 Å². The van der Waals surface area contributed by atoms with E-state index in [2.05, 4.69) is 74.3 Å². The first kappa shape index (κ1) is 16.7. The summed E-state index contributed by atoms with van der Waals surface area (Å²) in [4.78, 5) is 7.13. The molecule has 0 saturated carbocycles. The van der Waals surface area contributed by atoms with Crippen LogP contribution in [0.15, 0.2) is 65.3 Å². The summed E-state index contributed by atoms with van der Waals surface area (Å²) in [5, 5.41) is 1.18. The molecule has 1 aromatic heterocycles. The van der Waals surface area contributed by atoms with E-state index in [1.807, 2.05) is 12.3 Å². The Hall–Kier alpha value is -1.75. The molecule has 0 unspecified atom stereocenters. The highest BCUT2D eigenvalue weighted by Gasteiger charge is 2.32. The average molecular weight is 396 g/mol. The van der Waals surface area contributed by atoms with E-state index < -0.39 is 0 Å². The number of nitrogens with two attached hydrogens (primary N) is 1. The monoisotopic (exact) mass is 395 g/mol. The fraction of sp³-hybridized carbons (Fsp3) is 0.286. The van der Waals surface area contributed by atoms with Gasteiger partial charge in [0.1, 0.15) is 0 Å². The molecule has 0 aliphatic carbocycles. The molecule has 1 saturated heterocycles. The van der Waals surface area contributed by atoms with Gasteiger partial charge in [0.15, 0.2) is 0 Å². The second-order valence-electron chi connectivity index (χ2n) is 6.85. The van der Waals surface area contributed by atoms with Gasteiger partial charge in [0.25, 0.3) is 0 Å². The first-order valence-electron chi connectivity index (χ1n) is 8.75. The summed E-state index contributed by atoms with van der Waals surface area (Å²) in [5.41, 5.74) is 9.85. The summed E-state index contributed by atoms with van der Waals surface area (Å²) in [6.07, 6.45) is 1.87. The fourth-order valence-corrected chi connectivity index (χ4v) is 4.52. The van der Waals surface area contributed by atoms with Crippen molar-refractivity contribution in [3.63, 3.8) is 0 Å². The number of hydrogen-bond acceptors (Lipinski definition) is 3. The van der Waals surface area contributed by atoms with Crippen LogP contribution in [0.4, 0.5) is 0 Å². The van der Waals surface area contributed by atoms with Gasteiger partial charge in [-0.15, -0.1) is 0 Å². The summed E-state index contributed by atoms with van der Waals surface area (Å²) in [6.45, 7) is 3.73.